The fourth-order valence-electron chi connectivity index (χ4n) is 1.70. The van der Waals surface area contributed by atoms with Gasteiger partial charge in [0.2, 0.25) is 0 Å². The van der Waals surface area contributed by atoms with Gasteiger partial charge in [0.15, 0.2) is 0 Å². The third kappa shape index (κ3) is 2.49. The van der Waals surface area contributed by atoms with E-state index in [1.165, 1.54) is 6.07 Å². The van der Waals surface area contributed by atoms with Crippen LogP contribution in [0, 0.1) is 10.1 Å². The fourth-order valence-corrected chi connectivity index (χ4v) is 2.36. The minimum Gasteiger partial charge on any atom is -0.258 e. The van der Waals surface area contributed by atoms with Gasteiger partial charge >= 0.3 is 0 Å². The van der Waals surface area contributed by atoms with Crippen LogP contribution in [0.25, 0.3) is 11.1 Å². The highest BCUT2D eigenvalue weighted by atomic mass is 35.5. The summed E-state index contributed by atoms with van der Waals surface area (Å²) in [5, 5.41) is 11.2. The van der Waals surface area contributed by atoms with Crippen molar-refractivity contribution < 1.29 is 4.92 Å². The van der Waals surface area contributed by atoms with Gasteiger partial charge in [-0.2, -0.15) is 0 Å². The maximum atomic E-state index is 11.1. The second kappa shape index (κ2) is 5.42. The van der Waals surface area contributed by atoms with E-state index in [2.05, 4.69) is 0 Å². The van der Waals surface area contributed by atoms with Crippen LogP contribution in [0.1, 0.15) is 0 Å². The van der Waals surface area contributed by atoms with E-state index in [1.807, 2.05) is 30.5 Å². The Labute approximate surface area is 114 Å². The van der Waals surface area contributed by atoms with Gasteiger partial charge in [-0.25, -0.2) is 0 Å². The molecule has 92 valence electrons. The maximum absolute atomic E-state index is 11.1. The predicted octanol–water partition coefficient (Wildman–Crippen LogP) is 4.64. The summed E-state index contributed by atoms with van der Waals surface area (Å²) >= 11 is 7.51. The van der Waals surface area contributed by atoms with Gasteiger partial charge in [0, 0.05) is 4.90 Å². The summed E-state index contributed by atoms with van der Waals surface area (Å²) in [7, 11) is 0. The quantitative estimate of drug-likeness (QED) is 0.467. The van der Waals surface area contributed by atoms with Crippen LogP contribution in [-0.4, -0.2) is 11.2 Å². The summed E-state index contributed by atoms with van der Waals surface area (Å²) in [4.78, 5) is 11.7. The SMILES string of the molecule is CSc1ccc(-c2cccc(Cl)c2[N+](=O)[O-])cc1. The topological polar surface area (TPSA) is 43.1 Å². The summed E-state index contributed by atoms with van der Waals surface area (Å²) in [6.45, 7) is 0. The number of hydrogen-bond acceptors (Lipinski definition) is 3. The van der Waals surface area contributed by atoms with Crippen LogP contribution in [0.15, 0.2) is 47.4 Å². The zero-order valence-electron chi connectivity index (χ0n) is 9.59. The molecule has 0 saturated carbocycles. The van der Waals surface area contributed by atoms with E-state index in [4.69, 9.17) is 11.6 Å². The normalized spacial score (nSPS) is 10.3. The number of benzene rings is 2. The smallest absolute Gasteiger partial charge is 0.258 e. The molecule has 0 radical (unpaired) electrons. The first kappa shape index (κ1) is 12.9. The van der Waals surface area contributed by atoms with Gasteiger partial charge in [0.1, 0.15) is 5.02 Å². The van der Waals surface area contributed by atoms with Gasteiger partial charge in [0.25, 0.3) is 5.69 Å². The van der Waals surface area contributed by atoms with Crippen LogP contribution in [0.5, 0.6) is 0 Å². The number of hydrogen-bond donors (Lipinski definition) is 0. The van der Waals surface area contributed by atoms with E-state index in [0.29, 0.717) is 5.56 Å². The second-order valence-electron chi connectivity index (χ2n) is 3.62. The Hall–Kier alpha value is -1.52. The number of nitrogens with zero attached hydrogens (tertiary/aromatic N) is 1. The van der Waals surface area contributed by atoms with Crippen molar-refractivity contribution in [1.29, 1.82) is 0 Å². The Bertz CT molecular complexity index is 584. The van der Waals surface area contributed by atoms with Crippen LogP contribution in [0.3, 0.4) is 0 Å². The molecule has 0 bridgehead atoms. The molecule has 18 heavy (non-hydrogen) atoms. The lowest BCUT2D eigenvalue weighted by molar-refractivity contribution is -0.384. The molecule has 0 unspecified atom stereocenters. The zero-order chi connectivity index (χ0) is 13.1. The minimum atomic E-state index is -0.444. The van der Waals surface area contributed by atoms with E-state index < -0.39 is 4.92 Å². The van der Waals surface area contributed by atoms with Crippen molar-refractivity contribution in [2.24, 2.45) is 0 Å². The van der Waals surface area contributed by atoms with Crippen LogP contribution in [-0.2, 0) is 0 Å². The molecule has 0 atom stereocenters. The average Bonchev–Trinajstić information content (AvgIpc) is 2.38. The molecule has 0 N–H and O–H groups in total. The van der Waals surface area contributed by atoms with E-state index in [-0.39, 0.29) is 10.7 Å². The molecule has 0 aliphatic heterocycles. The lowest BCUT2D eigenvalue weighted by atomic mass is 10.0. The van der Waals surface area contributed by atoms with Crippen LogP contribution < -0.4 is 0 Å². The Morgan fingerprint density at radius 1 is 1.17 bits per heavy atom. The molecular weight excluding hydrogens is 270 g/mol. The van der Waals surface area contributed by atoms with Gasteiger partial charge < -0.3 is 0 Å². The Kier molecular flexibility index (Phi) is 3.89. The summed E-state index contributed by atoms with van der Waals surface area (Å²) < 4.78 is 0. The predicted molar refractivity (Wildman–Crippen MR) is 75.3 cm³/mol. The molecule has 0 fully saturated rings. The fraction of sp³-hybridized carbons (Fsp3) is 0.0769. The van der Waals surface area contributed by atoms with Gasteiger partial charge in [0.05, 0.1) is 10.5 Å². The van der Waals surface area contributed by atoms with Gasteiger partial charge in [-0.05, 0) is 36.1 Å². The number of nitro groups is 1. The van der Waals surface area contributed by atoms with Crippen molar-refractivity contribution in [3.63, 3.8) is 0 Å². The minimum absolute atomic E-state index is 0.0453. The molecule has 2 aromatic carbocycles. The molecule has 0 amide bonds. The van der Waals surface area contributed by atoms with E-state index in [1.54, 1.807) is 23.9 Å². The molecule has 0 saturated heterocycles. The van der Waals surface area contributed by atoms with Crippen LogP contribution in [0.4, 0.5) is 5.69 Å². The first-order chi connectivity index (χ1) is 8.63. The molecular formula is C13H10ClNO2S. The summed E-state index contributed by atoms with van der Waals surface area (Å²) in [5.74, 6) is 0. The van der Waals surface area contributed by atoms with Gasteiger partial charge in [-0.3, -0.25) is 10.1 Å². The summed E-state index contributed by atoms with van der Waals surface area (Å²) in [5.41, 5.74) is 1.29. The monoisotopic (exact) mass is 279 g/mol. The molecule has 0 aliphatic carbocycles. The molecule has 2 aromatic rings. The third-order valence-electron chi connectivity index (χ3n) is 2.57. The highest BCUT2D eigenvalue weighted by Gasteiger charge is 2.19. The Morgan fingerprint density at radius 2 is 1.83 bits per heavy atom. The van der Waals surface area contributed by atoms with Crippen molar-refractivity contribution in [2.75, 3.05) is 6.26 Å². The van der Waals surface area contributed by atoms with Crippen molar-refractivity contribution in [2.45, 2.75) is 4.90 Å². The molecule has 3 nitrogen and oxygen atoms in total. The Balaban J connectivity index is 2.56. The van der Waals surface area contributed by atoms with Crippen molar-refractivity contribution >= 4 is 29.1 Å². The number of rotatable bonds is 3. The molecule has 0 spiro atoms. The van der Waals surface area contributed by atoms with Gasteiger partial charge in [-0.15, -0.1) is 11.8 Å². The molecule has 0 aliphatic rings. The summed E-state index contributed by atoms with van der Waals surface area (Å²) in [6.07, 6.45) is 1.98. The molecule has 0 heterocycles. The average molecular weight is 280 g/mol. The Morgan fingerprint density at radius 3 is 2.39 bits per heavy atom. The second-order valence-corrected chi connectivity index (χ2v) is 4.91. The third-order valence-corrected chi connectivity index (χ3v) is 3.62. The van der Waals surface area contributed by atoms with E-state index in [0.717, 1.165) is 10.5 Å². The zero-order valence-corrected chi connectivity index (χ0v) is 11.2. The standard InChI is InChI=1S/C13H10ClNO2S/c1-18-10-7-5-9(6-8-10)11-3-2-4-12(14)13(11)15(16)17/h2-8H,1H3. The van der Waals surface area contributed by atoms with Crippen molar-refractivity contribution in [3.05, 3.63) is 57.6 Å². The molecule has 0 aromatic heterocycles. The number of nitro benzene ring substituents is 1. The largest absolute Gasteiger partial charge is 0.295 e. The number of halogens is 1. The van der Waals surface area contributed by atoms with Crippen molar-refractivity contribution in [1.82, 2.24) is 0 Å². The maximum Gasteiger partial charge on any atom is 0.295 e. The van der Waals surface area contributed by atoms with Crippen LogP contribution >= 0.6 is 23.4 Å². The highest BCUT2D eigenvalue weighted by Crippen LogP contribution is 2.36. The van der Waals surface area contributed by atoms with E-state index >= 15 is 0 Å². The van der Waals surface area contributed by atoms with Crippen LogP contribution in [0.2, 0.25) is 5.02 Å². The highest BCUT2D eigenvalue weighted by molar-refractivity contribution is 7.98. The molecule has 2 rings (SSSR count). The first-order valence-electron chi connectivity index (χ1n) is 5.21. The van der Waals surface area contributed by atoms with Gasteiger partial charge in [-0.1, -0.05) is 29.8 Å². The first-order valence-corrected chi connectivity index (χ1v) is 6.81. The number of thioether (sulfide) groups is 1. The summed E-state index contributed by atoms with van der Waals surface area (Å²) in [6, 6.07) is 12.6. The van der Waals surface area contributed by atoms with E-state index in [9.17, 15) is 10.1 Å². The number of para-hydroxylation sites is 1. The van der Waals surface area contributed by atoms with Crippen molar-refractivity contribution in [3.8, 4) is 11.1 Å². The lowest BCUT2D eigenvalue weighted by Gasteiger charge is -2.05. The lowest BCUT2D eigenvalue weighted by Crippen LogP contribution is -1.93. The molecule has 5 heteroatoms.